The molecule has 0 radical (unpaired) electrons. The average molecular weight is 246 g/mol. The van der Waals surface area contributed by atoms with E-state index in [0.29, 0.717) is 6.04 Å². The Bertz CT molecular complexity index is 502. The monoisotopic (exact) mass is 246 g/mol. The molecule has 2 heterocycles. The average Bonchev–Trinajstić information content (AvgIpc) is 3.03. The second-order valence-electron chi connectivity index (χ2n) is 4.92. The molecule has 1 fully saturated rings. The van der Waals surface area contributed by atoms with Gasteiger partial charge in [0.25, 0.3) is 0 Å². The zero-order valence-electron chi connectivity index (χ0n) is 10.1. The SMILES string of the molecule is CCC(CC1CC1)Nc1nccc2sccc12. The molecule has 1 N–H and O–H groups in total. The maximum Gasteiger partial charge on any atom is 0.134 e. The van der Waals surface area contributed by atoms with Crippen molar-refractivity contribution in [3.63, 3.8) is 0 Å². The number of rotatable bonds is 5. The van der Waals surface area contributed by atoms with Crippen molar-refractivity contribution in [2.24, 2.45) is 5.92 Å². The molecule has 1 unspecified atom stereocenters. The Morgan fingerprint density at radius 3 is 3.12 bits per heavy atom. The fourth-order valence-electron chi connectivity index (χ4n) is 2.29. The fraction of sp³-hybridized carbons (Fsp3) is 0.500. The molecule has 0 amide bonds. The lowest BCUT2D eigenvalue weighted by Gasteiger charge is -2.17. The van der Waals surface area contributed by atoms with Crippen LogP contribution in [-0.4, -0.2) is 11.0 Å². The van der Waals surface area contributed by atoms with Crippen LogP contribution in [0.1, 0.15) is 32.6 Å². The second kappa shape index (κ2) is 4.65. The molecule has 1 saturated carbocycles. The van der Waals surface area contributed by atoms with Gasteiger partial charge in [0.05, 0.1) is 0 Å². The number of anilines is 1. The summed E-state index contributed by atoms with van der Waals surface area (Å²) in [5.41, 5.74) is 0. The molecule has 0 bridgehead atoms. The van der Waals surface area contributed by atoms with Gasteiger partial charge >= 0.3 is 0 Å². The van der Waals surface area contributed by atoms with Crippen LogP contribution in [0.25, 0.3) is 10.1 Å². The molecule has 0 spiro atoms. The Labute approximate surface area is 106 Å². The van der Waals surface area contributed by atoms with Crippen LogP contribution in [0.2, 0.25) is 0 Å². The van der Waals surface area contributed by atoms with Crippen molar-refractivity contribution >= 4 is 27.2 Å². The van der Waals surface area contributed by atoms with E-state index in [1.807, 2.05) is 6.20 Å². The van der Waals surface area contributed by atoms with E-state index in [2.05, 4.69) is 34.7 Å². The lowest BCUT2D eigenvalue weighted by atomic mass is 10.1. The lowest BCUT2D eigenvalue weighted by Crippen LogP contribution is -2.19. The molecule has 2 aromatic heterocycles. The van der Waals surface area contributed by atoms with Crippen molar-refractivity contribution in [3.8, 4) is 0 Å². The van der Waals surface area contributed by atoms with Gasteiger partial charge in [-0.25, -0.2) is 4.98 Å². The molecular weight excluding hydrogens is 228 g/mol. The normalized spacial score (nSPS) is 17.2. The number of pyridine rings is 1. The first-order valence-electron chi connectivity index (χ1n) is 6.45. The van der Waals surface area contributed by atoms with Gasteiger partial charge in [0.2, 0.25) is 0 Å². The summed E-state index contributed by atoms with van der Waals surface area (Å²) in [6.45, 7) is 2.26. The van der Waals surface area contributed by atoms with E-state index < -0.39 is 0 Å². The standard InChI is InChI=1S/C14H18N2S/c1-2-11(9-10-3-4-10)16-14-12-6-8-17-13(12)5-7-15-14/h5-8,10-11H,2-4,9H2,1H3,(H,15,16). The van der Waals surface area contributed by atoms with E-state index >= 15 is 0 Å². The van der Waals surface area contributed by atoms with E-state index in [1.165, 1.54) is 35.8 Å². The molecule has 1 aliphatic carbocycles. The van der Waals surface area contributed by atoms with Crippen molar-refractivity contribution < 1.29 is 0 Å². The minimum atomic E-state index is 0.584. The van der Waals surface area contributed by atoms with Gasteiger partial charge < -0.3 is 5.32 Å². The highest BCUT2D eigenvalue weighted by Crippen LogP contribution is 2.35. The third-order valence-electron chi connectivity index (χ3n) is 3.53. The molecular formula is C14H18N2S. The van der Waals surface area contributed by atoms with Gasteiger partial charge in [-0.2, -0.15) is 0 Å². The number of nitrogens with zero attached hydrogens (tertiary/aromatic N) is 1. The summed E-state index contributed by atoms with van der Waals surface area (Å²) in [5.74, 6) is 2.03. The van der Waals surface area contributed by atoms with Crippen LogP contribution in [0.5, 0.6) is 0 Å². The van der Waals surface area contributed by atoms with E-state index in [0.717, 1.165) is 11.7 Å². The van der Waals surface area contributed by atoms with E-state index in [4.69, 9.17) is 0 Å². The number of hydrogen-bond acceptors (Lipinski definition) is 3. The summed E-state index contributed by atoms with van der Waals surface area (Å²) < 4.78 is 1.32. The van der Waals surface area contributed by atoms with Gasteiger partial charge in [0.15, 0.2) is 0 Å². The van der Waals surface area contributed by atoms with Crippen molar-refractivity contribution in [1.82, 2.24) is 4.98 Å². The number of fused-ring (bicyclic) bond motifs is 1. The molecule has 1 aliphatic rings. The molecule has 3 heteroatoms. The first kappa shape index (κ1) is 11.0. The Hall–Kier alpha value is -1.09. The predicted molar refractivity (Wildman–Crippen MR) is 74.7 cm³/mol. The number of hydrogen-bond donors (Lipinski definition) is 1. The van der Waals surface area contributed by atoms with Crippen LogP contribution in [0.15, 0.2) is 23.7 Å². The molecule has 1 atom stereocenters. The third kappa shape index (κ3) is 2.44. The Morgan fingerprint density at radius 1 is 1.47 bits per heavy atom. The van der Waals surface area contributed by atoms with E-state index in [-0.39, 0.29) is 0 Å². The Morgan fingerprint density at radius 2 is 2.35 bits per heavy atom. The first-order chi connectivity index (χ1) is 8.36. The minimum Gasteiger partial charge on any atom is -0.367 e. The van der Waals surface area contributed by atoms with E-state index in [1.54, 1.807) is 11.3 Å². The zero-order chi connectivity index (χ0) is 11.7. The summed E-state index contributed by atoms with van der Waals surface area (Å²) in [5, 5.41) is 7.03. The molecule has 0 aromatic carbocycles. The van der Waals surface area contributed by atoms with Crippen LogP contribution >= 0.6 is 11.3 Å². The Kier molecular flexibility index (Phi) is 3.02. The predicted octanol–water partition coefficient (Wildman–Crippen LogP) is 4.29. The largest absolute Gasteiger partial charge is 0.367 e. The Balaban J connectivity index is 1.79. The van der Waals surface area contributed by atoms with Crippen LogP contribution in [0.4, 0.5) is 5.82 Å². The number of aromatic nitrogens is 1. The van der Waals surface area contributed by atoms with Crippen LogP contribution in [0, 0.1) is 5.92 Å². The van der Waals surface area contributed by atoms with Gasteiger partial charge in [-0.1, -0.05) is 19.8 Å². The van der Waals surface area contributed by atoms with Gasteiger partial charge in [0, 0.05) is 22.3 Å². The second-order valence-corrected chi connectivity index (χ2v) is 5.87. The van der Waals surface area contributed by atoms with Crippen LogP contribution in [0.3, 0.4) is 0 Å². The molecule has 2 aromatic rings. The topological polar surface area (TPSA) is 24.9 Å². The number of nitrogens with one attached hydrogen (secondary N) is 1. The molecule has 0 aliphatic heterocycles. The van der Waals surface area contributed by atoms with Crippen molar-refractivity contribution in [2.75, 3.05) is 5.32 Å². The van der Waals surface area contributed by atoms with Gasteiger partial charge in [0.1, 0.15) is 5.82 Å². The quantitative estimate of drug-likeness (QED) is 0.851. The molecule has 2 nitrogen and oxygen atoms in total. The van der Waals surface area contributed by atoms with Gasteiger partial charge in [-0.3, -0.25) is 0 Å². The molecule has 17 heavy (non-hydrogen) atoms. The third-order valence-corrected chi connectivity index (χ3v) is 4.41. The van der Waals surface area contributed by atoms with E-state index in [9.17, 15) is 0 Å². The lowest BCUT2D eigenvalue weighted by molar-refractivity contribution is 0.586. The van der Waals surface area contributed by atoms with Crippen LogP contribution in [-0.2, 0) is 0 Å². The highest BCUT2D eigenvalue weighted by atomic mass is 32.1. The molecule has 90 valence electrons. The van der Waals surface area contributed by atoms with Crippen LogP contribution < -0.4 is 5.32 Å². The van der Waals surface area contributed by atoms with Gasteiger partial charge in [-0.15, -0.1) is 11.3 Å². The summed E-state index contributed by atoms with van der Waals surface area (Å²) in [6.07, 6.45) is 7.24. The highest BCUT2D eigenvalue weighted by Gasteiger charge is 2.25. The summed E-state index contributed by atoms with van der Waals surface area (Å²) in [4.78, 5) is 4.49. The summed E-state index contributed by atoms with van der Waals surface area (Å²) >= 11 is 1.78. The summed E-state index contributed by atoms with van der Waals surface area (Å²) in [6, 6.07) is 4.84. The fourth-order valence-corrected chi connectivity index (χ4v) is 3.07. The molecule has 0 saturated heterocycles. The van der Waals surface area contributed by atoms with Crippen molar-refractivity contribution in [3.05, 3.63) is 23.7 Å². The maximum absolute atomic E-state index is 4.49. The molecule has 3 rings (SSSR count). The number of thiophene rings is 1. The van der Waals surface area contributed by atoms with Gasteiger partial charge in [-0.05, 0) is 36.3 Å². The smallest absolute Gasteiger partial charge is 0.134 e. The maximum atomic E-state index is 4.49. The highest BCUT2D eigenvalue weighted by molar-refractivity contribution is 7.17. The minimum absolute atomic E-state index is 0.584. The summed E-state index contributed by atoms with van der Waals surface area (Å²) in [7, 11) is 0. The zero-order valence-corrected chi connectivity index (χ0v) is 11.0. The first-order valence-corrected chi connectivity index (χ1v) is 7.33. The van der Waals surface area contributed by atoms with Crippen molar-refractivity contribution in [1.29, 1.82) is 0 Å². The van der Waals surface area contributed by atoms with Crippen molar-refractivity contribution in [2.45, 2.75) is 38.6 Å².